The summed E-state index contributed by atoms with van der Waals surface area (Å²) in [6.07, 6.45) is 5.29. The van der Waals surface area contributed by atoms with Gasteiger partial charge < -0.3 is 9.80 Å². The smallest absolute Gasteiger partial charge is 0.0945 e. The molecule has 2 nitrogen and oxygen atoms in total. The van der Waals surface area contributed by atoms with Crippen LogP contribution in [-0.4, -0.2) is 17.9 Å². The van der Waals surface area contributed by atoms with E-state index in [0.29, 0.717) is 0 Å². The lowest BCUT2D eigenvalue weighted by Gasteiger charge is -2.24. The summed E-state index contributed by atoms with van der Waals surface area (Å²) in [5.74, 6) is 0. The third-order valence-corrected chi connectivity index (χ3v) is 3.42. The van der Waals surface area contributed by atoms with E-state index in [0.717, 1.165) is 13.0 Å². The van der Waals surface area contributed by atoms with Crippen molar-refractivity contribution in [3.8, 4) is 0 Å². The third kappa shape index (κ3) is 2.08. The average Bonchev–Trinajstić information content (AvgIpc) is 2.64. The average molecular weight is 234 g/mol. The van der Waals surface area contributed by atoms with Gasteiger partial charge in [0.25, 0.3) is 0 Å². The molecule has 0 spiro atoms. The zero-order chi connectivity index (χ0) is 11.7. The minimum atomic E-state index is 0.953. The van der Waals surface area contributed by atoms with Gasteiger partial charge in [0.05, 0.1) is 6.67 Å². The van der Waals surface area contributed by atoms with Crippen molar-refractivity contribution in [1.29, 1.82) is 0 Å². The first-order valence-electron chi connectivity index (χ1n) is 5.58. The van der Waals surface area contributed by atoms with Gasteiger partial charge in [-0.3, -0.25) is 0 Å². The molecular weight excluding hydrogens is 215 g/mol. The standard InChI is InChI=1S/C13H19N2P/c1-10-6-11(2)13(12(3)7-10)15-5-4-14(8-15)9-16/h4-7H,8-9,16H2,1-3H3. The zero-order valence-electron chi connectivity index (χ0n) is 10.2. The summed E-state index contributed by atoms with van der Waals surface area (Å²) in [6.45, 7) is 7.48. The molecule has 1 unspecified atom stereocenters. The van der Waals surface area contributed by atoms with Crippen molar-refractivity contribution in [2.75, 3.05) is 17.9 Å². The van der Waals surface area contributed by atoms with E-state index in [2.05, 4.69) is 64.3 Å². The Balaban J connectivity index is 2.32. The molecule has 1 atom stereocenters. The van der Waals surface area contributed by atoms with E-state index >= 15 is 0 Å². The molecule has 1 aromatic carbocycles. The molecule has 86 valence electrons. The maximum absolute atomic E-state index is 2.76. The van der Waals surface area contributed by atoms with Crippen molar-refractivity contribution in [3.05, 3.63) is 41.2 Å². The molecule has 3 heteroatoms. The lowest BCUT2D eigenvalue weighted by molar-refractivity contribution is 0.477. The van der Waals surface area contributed by atoms with E-state index in [1.807, 2.05) is 0 Å². The fourth-order valence-corrected chi connectivity index (χ4v) is 2.59. The Labute approximate surface area is 100 Å². The molecule has 0 radical (unpaired) electrons. The van der Waals surface area contributed by atoms with Crippen molar-refractivity contribution >= 4 is 14.9 Å². The van der Waals surface area contributed by atoms with Crippen LogP contribution in [0.5, 0.6) is 0 Å². The topological polar surface area (TPSA) is 6.48 Å². The molecule has 0 aliphatic carbocycles. The molecule has 1 aromatic rings. The van der Waals surface area contributed by atoms with Gasteiger partial charge in [-0.2, -0.15) is 0 Å². The Morgan fingerprint density at radius 1 is 1.12 bits per heavy atom. The maximum atomic E-state index is 2.76. The predicted octanol–water partition coefficient (Wildman–Crippen LogP) is 3.00. The maximum Gasteiger partial charge on any atom is 0.0945 e. The summed E-state index contributed by atoms with van der Waals surface area (Å²) in [5.41, 5.74) is 5.40. The van der Waals surface area contributed by atoms with Gasteiger partial charge in [0.15, 0.2) is 0 Å². The molecule has 0 saturated heterocycles. The first-order chi connectivity index (χ1) is 7.61. The highest BCUT2D eigenvalue weighted by atomic mass is 31.0. The van der Waals surface area contributed by atoms with E-state index in [1.165, 1.54) is 22.4 Å². The molecule has 0 bridgehead atoms. The van der Waals surface area contributed by atoms with Crippen LogP contribution in [0, 0.1) is 20.8 Å². The molecule has 0 aromatic heterocycles. The first-order valence-corrected chi connectivity index (χ1v) is 6.40. The molecule has 1 aliphatic rings. The van der Waals surface area contributed by atoms with E-state index < -0.39 is 0 Å². The minimum Gasteiger partial charge on any atom is -0.355 e. The van der Waals surface area contributed by atoms with Gasteiger partial charge in [0.2, 0.25) is 0 Å². The van der Waals surface area contributed by atoms with Crippen molar-refractivity contribution in [1.82, 2.24) is 4.90 Å². The Morgan fingerprint density at radius 2 is 1.75 bits per heavy atom. The fourth-order valence-electron chi connectivity index (χ4n) is 2.35. The Hall–Kier alpha value is -1.01. The second kappa shape index (κ2) is 4.47. The Morgan fingerprint density at radius 3 is 2.25 bits per heavy atom. The summed E-state index contributed by atoms with van der Waals surface area (Å²) in [4.78, 5) is 4.58. The van der Waals surface area contributed by atoms with Gasteiger partial charge in [0.1, 0.15) is 0 Å². The minimum absolute atomic E-state index is 0.953. The molecule has 1 aliphatic heterocycles. The molecule has 1 heterocycles. The molecule has 0 saturated carbocycles. The quantitative estimate of drug-likeness (QED) is 0.726. The van der Waals surface area contributed by atoms with Crippen LogP contribution in [0.1, 0.15) is 16.7 Å². The highest BCUT2D eigenvalue weighted by molar-refractivity contribution is 7.16. The lowest BCUT2D eigenvalue weighted by atomic mass is 10.0. The van der Waals surface area contributed by atoms with Crippen LogP contribution in [-0.2, 0) is 0 Å². The van der Waals surface area contributed by atoms with Crippen LogP contribution < -0.4 is 4.90 Å². The summed E-state index contributed by atoms with van der Waals surface area (Å²) in [5, 5.41) is 0. The van der Waals surface area contributed by atoms with E-state index in [9.17, 15) is 0 Å². The van der Waals surface area contributed by atoms with Crippen LogP contribution in [0.4, 0.5) is 5.69 Å². The van der Waals surface area contributed by atoms with Crippen LogP contribution in [0.25, 0.3) is 0 Å². The molecular formula is C13H19N2P. The molecule has 0 amide bonds. The van der Waals surface area contributed by atoms with Gasteiger partial charge in [-0.15, -0.1) is 9.24 Å². The number of hydrogen-bond donors (Lipinski definition) is 0. The first kappa shape index (κ1) is 11.5. The van der Waals surface area contributed by atoms with Crippen LogP contribution in [0.3, 0.4) is 0 Å². The monoisotopic (exact) mass is 234 g/mol. The number of rotatable bonds is 2. The number of anilines is 1. The van der Waals surface area contributed by atoms with Crippen LogP contribution in [0.15, 0.2) is 24.5 Å². The molecule has 0 N–H and O–H groups in total. The predicted molar refractivity (Wildman–Crippen MR) is 73.6 cm³/mol. The van der Waals surface area contributed by atoms with Gasteiger partial charge >= 0.3 is 0 Å². The van der Waals surface area contributed by atoms with E-state index in [-0.39, 0.29) is 0 Å². The molecule has 2 rings (SSSR count). The SMILES string of the molecule is Cc1cc(C)c(N2C=CN(CP)C2)c(C)c1. The summed E-state index contributed by atoms with van der Waals surface area (Å²) in [7, 11) is 2.76. The summed E-state index contributed by atoms with van der Waals surface area (Å²) < 4.78 is 0. The van der Waals surface area contributed by atoms with Crippen molar-refractivity contribution in [2.45, 2.75) is 20.8 Å². The second-order valence-corrected chi connectivity index (χ2v) is 4.79. The Kier molecular flexibility index (Phi) is 3.20. The normalized spacial score (nSPS) is 15.0. The number of nitrogens with zero attached hydrogens (tertiary/aromatic N) is 2. The van der Waals surface area contributed by atoms with Crippen molar-refractivity contribution in [3.63, 3.8) is 0 Å². The zero-order valence-corrected chi connectivity index (χ0v) is 11.4. The summed E-state index contributed by atoms with van der Waals surface area (Å²) in [6, 6.07) is 4.50. The second-order valence-electron chi connectivity index (χ2n) is 4.43. The van der Waals surface area contributed by atoms with Crippen LogP contribution in [0.2, 0.25) is 0 Å². The number of hydrogen-bond acceptors (Lipinski definition) is 2. The fraction of sp³-hybridized carbons (Fsp3) is 0.385. The van der Waals surface area contributed by atoms with Gasteiger partial charge in [-0.1, -0.05) is 17.7 Å². The molecule has 0 fully saturated rings. The Bertz CT molecular complexity index is 403. The summed E-state index contributed by atoms with van der Waals surface area (Å²) >= 11 is 0. The highest BCUT2D eigenvalue weighted by Gasteiger charge is 2.16. The van der Waals surface area contributed by atoms with Crippen LogP contribution >= 0.6 is 9.24 Å². The number of benzene rings is 1. The van der Waals surface area contributed by atoms with Crippen molar-refractivity contribution < 1.29 is 0 Å². The van der Waals surface area contributed by atoms with Crippen molar-refractivity contribution in [2.24, 2.45) is 0 Å². The lowest BCUT2D eigenvalue weighted by Crippen LogP contribution is -2.24. The largest absolute Gasteiger partial charge is 0.355 e. The van der Waals surface area contributed by atoms with E-state index in [1.54, 1.807) is 0 Å². The van der Waals surface area contributed by atoms with Gasteiger partial charge in [-0.25, -0.2) is 0 Å². The van der Waals surface area contributed by atoms with Gasteiger partial charge in [0, 0.05) is 24.4 Å². The van der Waals surface area contributed by atoms with Gasteiger partial charge in [-0.05, 0) is 31.9 Å². The molecule has 16 heavy (non-hydrogen) atoms. The third-order valence-electron chi connectivity index (χ3n) is 2.95. The van der Waals surface area contributed by atoms with E-state index in [4.69, 9.17) is 0 Å². The number of aryl methyl sites for hydroxylation is 3. The highest BCUT2D eigenvalue weighted by Crippen LogP contribution is 2.28.